The average Bonchev–Trinajstić information content (AvgIpc) is 2.90. The summed E-state index contributed by atoms with van der Waals surface area (Å²) in [6.07, 6.45) is 3.13. The molecule has 1 unspecified atom stereocenters. The number of rotatable bonds is 6. The van der Waals surface area contributed by atoms with Crippen LogP contribution in [-0.2, 0) is 24.3 Å². The third-order valence-corrected chi connectivity index (χ3v) is 6.13. The summed E-state index contributed by atoms with van der Waals surface area (Å²) in [5.74, 6) is -1.01. The van der Waals surface area contributed by atoms with Crippen LogP contribution in [0.2, 0.25) is 0 Å². The Morgan fingerprint density at radius 3 is 2.15 bits per heavy atom. The normalized spacial score (nSPS) is 17.7. The predicted octanol–water partition coefficient (Wildman–Crippen LogP) is 2.00. The molecular weight excluding hydrogens is 368 g/mol. The van der Waals surface area contributed by atoms with Gasteiger partial charge in [-0.05, 0) is 45.7 Å². The Morgan fingerprint density at radius 1 is 1.04 bits per heavy atom. The number of amides is 1. The second-order valence-electron chi connectivity index (χ2n) is 6.97. The molecule has 1 saturated heterocycles. The molecule has 1 amide bonds. The number of sulfonamides is 1. The number of hydrogen-bond acceptors (Lipinski definition) is 5. The van der Waals surface area contributed by atoms with E-state index < -0.39 is 28.1 Å². The molecule has 1 N–H and O–H groups in total. The second kappa shape index (κ2) is 9.32. The van der Waals surface area contributed by atoms with Gasteiger partial charge in [-0.3, -0.25) is 9.59 Å². The van der Waals surface area contributed by atoms with Crippen molar-refractivity contribution in [2.24, 2.45) is 0 Å². The molecule has 1 aromatic carbocycles. The zero-order valence-corrected chi connectivity index (χ0v) is 16.9. The molecule has 1 heterocycles. The summed E-state index contributed by atoms with van der Waals surface area (Å²) >= 11 is 0. The number of hydrogen-bond donors (Lipinski definition) is 1. The van der Waals surface area contributed by atoms with Crippen LogP contribution in [-0.4, -0.2) is 50.4 Å². The highest BCUT2D eigenvalue weighted by molar-refractivity contribution is 7.89. The molecule has 150 valence electrons. The van der Waals surface area contributed by atoms with E-state index in [4.69, 9.17) is 4.74 Å². The van der Waals surface area contributed by atoms with E-state index in [1.54, 1.807) is 17.0 Å². The molecule has 0 aromatic heterocycles. The van der Waals surface area contributed by atoms with Crippen LogP contribution in [0.25, 0.3) is 0 Å². The first-order chi connectivity index (χ1) is 12.7. The molecule has 1 aliphatic heterocycles. The summed E-state index contributed by atoms with van der Waals surface area (Å²) in [5, 5.41) is 0. The molecule has 0 saturated carbocycles. The van der Waals surface area contributed by atoms with Gasteiger partial charge >= 0.3 is 5.97 Å². The lowest BCUT2D eigenvalue weighted by Crippen LogP contribution is -2.45. The third kappa shape index (κ3) is 6.04. The van der Waals surface area contributed by atoms with Gasteiger partial charge in [0.1, 0.15) is 6.04 Å². The molecule has 1 fully saturated rings. The van der Waals surface area contributed by atoms with Gasteiger partial charge in [-0.1, -0.05) is 30.5 Å². The molecular formula is C19H28N2O5S. The SMILES string of the molecule is Cc1ccc(S(=O)(=O)N[C@@H](C)C(=O)OC(C)C(=O)N2CCCCCC2)cc1. The molecule has 0 radical (unpaired) electrons. The van der Waals surface area contributed by atoms with Gasteiger partial charge < -0.3 is 9.64 Å². The summed E-state index contributed by atoms with van der Waals surface area (Å²) in [7, 11) is -3.85. The van der Waals surface area contributed by atoms with Crippen molar-refractivity contribution in [3.63, 3.8) is 0 Å². The highest BCUT2D eigenvalue weighted by Gasteiger charge is 2.28. The van der Waals surface area contributed by atoms with Crippen molar-refractivity contribution in [3.8, 4) is 0 Å². The number of ether oxygens (including phenoxy) is 1. The summed E-state index contributed by atoms with van der Waals surface area (Å²) in [5.41, 5.74) is 0.933. The molecule has 7 nitrogen and oxygen atoms in total. The topological polar surface area (TPSA) is 92.8 Å². The molecule has 1 aromatic rings. The zero-order chi connectivity index (χ0) is 20.0. The molecule has 0 aliphatic carbocycles. The van der Waals surface area contributed by atoms with E-state index in [2.05, 4.69) is 4.72 Å². The minimum atomic E-state index is -3.85. The lowest BCUT2D eigenvalue weighted by atomic mass is 10.2. The minimum Gasteiger partial charge on any atom is -0.451 e. The maximum atomic E-state index is 12.5. The number of benzene rings is 1. The predicted molar refractivity (Wildman–Crippen MR) is 102 cm³/mol. The van der Waals surface area contributed by atoms with Crippen LogP contribution in [0.3, 0.4) is 0 Å². The molecule has 0 bridgehead atoms. The number of aryl methyl sites for hydroxylation is 1. The van der Waals surface area contributed by atoms with Crippen molar-refractivity contribution in [1.82, 2.24) is 9.62 Å². The van der Waals surface area contributed by atoms with Crippen LogP contribution < -0.4 is 4.72 Å². The van der Waals surface area contributed by atoms with Crippen LogP contribution >= 0.6 is 0 Å². The summed E-state index contributed by atoms with van der Waals surface area (Å²) in [6.45, 7) is 6.10. The Bertz CT molecular complexity index is 753. The molecule has 0 spiro atoms. The first-order valence-corrected chi connectivity index (χ1v) is 10.8. The van der Waals surface area contributed by atoms with Crippen molar-refractivity contribution in [1.29, 1.82) is 0 Å². The fraction of sp³-hybridized carbons (Fsp3) is 0.579. The van der Waals surface area contributed by atoms with Crippen LogP contribution in [0, 0.1) is 6.92 Å². The van der Waals surface area contributed by atoms with E-state index in [1.165, 1.54) is 26.0 Å². The number of esters is 1. The van der Waals surface area contributed by atoms with Crippen molar-refractivity contribution < 1.29 is 22.7 Å². The number of nitrogens with one attached hydrogen (secondary N) is 1. The zero-order valence-electron chi connectivity index (χ0n) is 16.1. The Hall–Kier alpha value is -1.93. The van der Waals surface area contributed by atoms with Gasteiger partial charge in [0.25, 0.3) is 5.91 Å². The highest BCUT2D eigenvalue weighted by Crippen LogP contribution is 2.13. The van der Waals surface area contributed by atoms with Gasteiger partial charge in [-0.25, -0.2) is 8.42 Å². The van der Waals surface area contributed by atoms with Crippen LogP contribution in [0.5, 0.6) is 0 Å². The Balaban J connectivity index is 1.94. The van der Waals surface area contributed by atoms with Crippen LogP contribution in [0.15, 0.2) is 29.2 Å². The first-order valence-electron chi connectivity index (χ1n) is 9.29. The molecule has 2 rings (SSSR count). The lowest BCUT2D eigenvalue weighted by molar-refractivity contribution is -0.160. The molecule has 1 aliphatic rings. The maximum absolute atomic E-state index is 12.5. The fourth-order valence-electron chi connectivity index (χ4n) is 2.94. The number of nitrogens with zero attached hydrogens (tertiary/aromatic N) is 1. The van der Waals surface area contributed by atoms with Crippen molar-refractivity contribution >= 4 is 21.9 Å². The standard InChI is InChI=1S/C19H28N2O5S/c1-14-8-10-17(11-9-14)27(24,25)20-15(2)19(23)26-16(3)18(22)21-12-6-4-5-7-13-21/h8-11,15-16,20H,4-7,12-13H2,1-3H3/t15-,16?/m0/s1. The Kier molecular flexibility index (Phi) is 7.38. The number of carbonyl (C=O) groups excluding carboxylic acids is 2. The Morgan fingerprint density at radius 2 is 1.59 bits per heavy atom. The smallest absolute Gasteiger partial charge is 0.324 e. The van der Waals surface area contributed by atoms with Crippen LogP contribution in [0.1, 0.15) is 45.1 Å². The molecule has 27 heavy (non-hydrogen) atoms. The molecule has 8 heteroatoms. The number of carbonyl (C=O) groups is 2. The maximum Gasteiger partial charge on any atom is 0.324 e. The van der Waals surface area contributed by atoms with E-state index in [-0.39, 0.29) is 10.8 Å². The summed E-state index contributed by atoms with van der Waals surface area (Å²) in [6, 6.07) is 5.21. The van der Waals surface area contributed by atoms with Gasteiger partial charge in [0.15, 0.2) is 6.10 Å². The van der Waals surface area contributed by atoms with Gasteiger partial charge in [0.05, 0.1) is 4.90 Å². The van der Waals surface area contributed by atoms with Crippen molar-refractivity contribution in [3.05, 3.63) is 29.8 Å². The average molecular weight is 397 g/mol. The van der Waals surface area contributed by atoms with E-state index in [0.29, 0.717) is 13.1 Å². The quantitative estimate of drug-likeness (QED) is 0.743. The van der Waals surface area contributed by atoms with Crippen molar-refractivity contribution in [2.75, 3.05) is 13.1 Å². The third-order valence-electron chi connectivity index (χ3n) is 4.58. The summed E-state index contributed by atoms with van der Waals surface area (Å²) in [4.78, 5) is 26.5. The van der Waals surface area contributed by atoms with Gasteiger partial charge in [-0.2, -0.15) is 4.72 Å². The largest absolute Gasteiger partial charge is 0.451 e. The van der Waals surface area contributed by atoms with E-state index >= 15 is 0 Å². The Labute approximate surface area is 161 Å². The van der Waals surface area contributed by atoms with E-state index in [0.717, 1.165) is 31.2 Å². The summed E-state index contributed by atoms with van der Waals surface area (Å²) < 4.78 is 32.2. The van der Waals surface area contributed by atoms with Gasteiger partial charge in [0, 0.05) is 13.1 Å². The van der Waals surface area contributed by atoms with Gasteiger partial charge in [-0.15, -0.1) is 0 Å². The monoisotopic (exact) mass is 396 g/mol. The fourth-order valence-corrected chi connectivity index (χ4v) is 4.13. The van der Waals surface area contributed by atoms with E-state index in [9.17, 15) is 18.0 Å². The highest BCUT2D eigenvalue weighted by atomic mass is 32.2. The molecule has 2 atom stereocenters. The first kappa shape index (κ1) is 21.4. The van der Waals surface area contributed by atoms with E-state index in [1.807, 2.05) is 6.92 Å². The minimum absolute atomic E-state index is 0.0708. The second-order valence-corrected chi connectivity index (χ2v) is 8.69. The van der Waals surface area contributed by atoms with Crippen LogP contribution in [0.4, 0.5) is 0 Å². The van der Waals surface area contributed by atoms with Crippen molar-refractivity contribution in [2.45, 2.75) is 63.5 Å². The number of likely N-dealkylation sites (tertiary alicyclic amines) is 1. The lowest BCUT2D eigenvalue weighted by Gasteiger charge is -2.24. The van der Waals surface area contributed by atoms with Gasteiger partial charge in [0.2, 0.25) is 10.0 Å².